The van der Waals surface area contributed by atoms with Crippen LogP contribution in [0.25, 0.3) is 16.8 Å². The number of aromatic nitrogens is 2. The van der Waals surface area contributed by atoms with Gasteiger partial charge in [-0.15, -0.1) is 0 Å². The van der Waals surface area contributed by atoms with Crippen LogP contribution >= 0.6 is 0 Å². The summed E-state index contributed by atoms with van der Waals surface area (Å²) in [6, 6.07) is 10.2. The monoisotopic (exact) mass is 366 g/mol. The van der Waals surface area contributed by atoms with Crippen LogP contribution in [0.15, 0.2) is 48.9 Å². The Bertz CT molecular complexity index is 935. The Kier molecular flexibility index (Phi) is 5.64. The van der Waals surface area contributed by atoms with Crippen LogP contribution in [-0.4, -0.2) is 40.5 Å². The average Bonchev–Trinajstić information content (AvgIpc) is 3.16. The zero-order chi connectivity index (χ0) is 19.4. The number of carbonyl (C=O) groups excluding carboxylic acids is 1. The van der Waals surface area contributed by atoms with Gasteiger partial charge in [0.05, 0.1) is 13.2 Å². The number of carbonyl (C=O) groups is 1. The van der Waals surface area contributed by atoms with Crippen LogP contribution in [0.1, 0.15) is 32.4 Å². The van der Waals surface area contributed by atoms with Crippen LogP contribution in [0.2, 0.25) is 0 Å². The number of ether oxygens (including phenoxy) is 1. The first-order chi connectivity index (χ1) is 13.1. The molecule has 0 spiro atoms. The largest absolute Gasteiger partial charge is 0.493 e. The second kappa shape index (κ2) is 8.12. The van der Waals surface area contributed by atoms with E-state index in [1.165, 1.54) is 0 Å². The molecule has 0 fully saturated rings. The van der Waals surface area contributed by atoms with Crippen molar-refractivity contribution in [1.82, 2.24) is 19.6 Å². The first-order valence-electron chi connectivity index (χ1n) is 9.24. The molecule has 0 bridgehead atoms. The normalized spacial score (nSPS) is 12.0. The van der Waals surface area contributed by atoms with Crippen LogP contribution in [0.5, 0.6) is 5.75 Å². The number of fused-ring (bicyclic) bond motifs is 1. The number of imidazole rings is 1. The topological polar surface area (TPSA) is 58.9 Å². The minimum Gasteiger partial charge on any atom is -0.493 e. The fourth-order valence-electron chi connectivity index (χ4n) is 3.31. The molecule has 1 N–H and O–H groups in total. The van der Waals surface area contributed by atoms with Crippen LogP contribution in [0, 0.1) is 0 Å². The Morgan fingerprint density at radius 3 is 2.81 bits per heavy atom. The summed E-state index contributed by atoms with van der Waals surface area (Å²) in [5.74, 6) is 0.730. The average molecular weight is 366 g/mol. The van der Waals surface area contributed by atoms with Crippen molar-refractivity contribution in [2.24, 2.45) is 0 Å². The summed E-state index contributed by atoms with van der Waals surface area (Å²) in [5.41, 5.74) is 3.98. The molecular formula is C21H26N4O2. The predicted molar refractivity (Wildman–Crippen MR) is 107 cm³/mol. The summed E-state index contributed by atoms with van der Waals surface area (Å²) in [6.45, 7) is 7.24. The van der Waals surface area contributed by atoms with Crippen molar-refractivity contribution in [2.75, 3.05) is 20.2 Å². The standard InChI is InChI=1S/C21H26N4O2/c1-5-22-21(26)25(6-2)15(3)16-8-7-9-17(12-16)18-13-19(27-4)20-23-10-11-24(20)14-18/h7-15H,5-6H2,1-4H3,(H,22,26). The van der Waals surface area contributed by atoms with Crippen LogP contribution in [-0.2, 0) is 0 Å². The van der Waals surface area contributed by atoms with Crippen molar-refractivity contribution in [3.8, 4) is 16.9 Å². The van der Waals surface area contributed by atoms with E-state index in [2.05, 4.69) is 35.4 Å². The molecule has 0 aliphatic heterocycles. The third-order valence-electron chi connectivity index (χ3n) is 4.77. The Hall–Kier alpha value is -3.02. The molecule has 3 rings (SSSR count). The lowest BCUT2D eigenvalue weighted by molar-refractivity contribution is 0.183. The van der Waals surface area contributed by atoms with Gasteiger partial charge in [0.25, 0.3) is 0 Å². The molecular weight excluding hydrogens is 340 g/mol. The lowest BCUT2D eigenvalue weighted by Gasteiger charge is -2.28. The third-order valence-corrected chi connectivity index (χ3v) is 4.77. The van der Waals surface area contributed by atoms with Crippen molar-refractivity contribution < 1.29 is 9.53 Å². The molecule has 3 aromatic rings. The summed E-state index contributed by atoms with van der Waals surface area (Å²) in [6.07, 6.45) is 5.70. The molecule has 27 heavy (non-hydrogen) atoms. The number of nitrogens with zero attached hydrogens (tertiary/aromatic N) is 3. The van der Waals surface area contributed by atoms with Crippen LogP contribution in [0.4, 0.5) is 4.79 Å². The number of hydrogen-bond donors (Lipinski definition) is 1. The molecule has 1 aromatic carbocycles. The third kappa shape index (κ3) is 3.74. The van der Waals surface area contributed by atoms with Gasteiger partial charge in [-0.3, -0.25) is 0 Å². The lowest BCUT2D eigenvalue weighted by atomic mass is 10.00. The zero-order valence-corrected chi connectivity index (χ0v) is 16.3. The maximum Gasteiger partial charge on any atom is 0.317 e. The highest BCUT2D eigenvalue weighted by atomic mass is 16.5. The van der Waals surface area contributed by atoms with Gasteiger partial charge in [-0.25, -0.2) is 9.78 Å². The SMILES string of the molecule is CCNC(=O)N(CC)C(C)c1cccc(-c2cc(OC)c3nccn3c2)c1. The van der Waals surface area contributed by atoms with E-state index in [0.717, 1.165) is 28.1 Å². The van der Waals surface area contributed by atoms with Gasteiger partial charge in [-0.05, 0) is 44.0 Å². The van der Waals surface area contributed by atoms with Gasteiger partial charge >= 0.3 is 6.03 Å². The van der Waals surface area contributed by atoms with E-state index < -0.39 is 0 Å². The molecule has 1 unspecified atom stereocenters. The number of rotatable bonds is 6. The highest BCUT2D eigenvalue weighted by molar-refractivity contribution is 5.75. The molecule has 0 aliphatic carbocycles. The fourth-order valence-corrected chi connectivity index (χ4v) is 3.31. The molecule has 6 nitrogen and oxygen atoms in total. The minimum absolute atomic E-state index is 0.0274. The second-order valence-corrected chi connectivity index (χ2v) is 6.38. The molecule has 0 aliphatic rings. The predicted octanol–water partition coefficient (Wildman–Crippen LogP) is 4.12. The van der Waals surface area contributed by atoms with Crippen molar-refractivity contribution >= 4 is 11.7 Å². The highest BCUT2D eigenvalue weighted by Gasteiger charge is 2.19. The summed E-state index contributed by atoms with van der Waals surface area (Å²) in [7, 11) is 1.65. The molecule has 2 amide bonds. The number of pyridine rings is 1. The van der Waals surface area contributed by atoms with E-state index >= 15 is 0 Å². The number of methoxy groups -OCH3 is 1. The van der Waals surface area contributed by atoms with Gasteiger partial charge in [0.2, 0.25) is 0 Å². The molecule has 0 saturated carbocycles. The van der Waals surface area contributed by atoms with Gasteiger partial charge < -0.3 is 19.4 Å². The molecule has 2 aromatic heterocycles. The smallest absolute Gasteiger partial charge is 0.317 e. The van der Waals surface area contributed by atoms with Crippen molar-refractivity contribution in [3.63, 3.8) is 0 Å². The van der Waals surface area contributed by atoms with Crippen LogP contribution < -0.4 is 10.1 Å². The minimum atomic E-state index is -0.0422. The summed E-state index contributed by atoms with van der Waals surface area (Å²) in [4.78, 5) is 18.5. The number of nitrogens with one attached hydrogen (secondary N) is 1. The maximum atomic E-state index is 12.3. The zero-order valence-electron chi connectivity index (χ0n) is 16.3. The lowest BCUT2D eigenvalue weighted by Crippen LogP contribution is -2.41. The van der Waals surface area contributed by atoms with Gasteiger partial charge in [0.1, 0.15) is 0 Å². The quantitative estimate of drug-likeness (QED) is 0.714. The maximum absolute atomic E-state index is 12.3. The van der Waals surface area contributed by atoms with Gasteiger partial charge in [0.15, 0.2) is 11.4 Å². The number of urea groups is 1. The molecule has 6 heteroatoms. The highest BCUT2D eigenvalue weighted by Crippen LogP contribution is 2.30. The van der Waals surface area contributed by atoms with E-state index in [9.17, 15) is 4.79 Å². The Morgan fingerprint density at radius 2 is 2.11 bits per heavy atom. The van der Waals surface area contributed by atoms with Gasteiger partial charge in [-0.1, -0.05) is 18.2 Å². The number of benzene rings is 1. The van der Waals surface area contributed by atoms with E-state index in [1.54, 1.807) is 13.3 Å². The van der Waals surface area contributed by atoms with Gasteiger partial charge in [-0.2, -0.15) is 0 Å². The van der Waals surface area contributed by atoms with Gasteiger partial charge in [0, 0.05) is 37.2 Å². The molecule has 0 radical (unpaired) electrons. The van der Waals surface area contributed by atoms with Crippen molar-refractivity contribution in [2.45, 2.75) is 26.8 Å². The Balaban J connectivity index is 1.97. The van der Waals surface area contributed by atoms with E-state index in [-0.39, 0.29) is 12.1 Å². The first kappa shape index (κ1) is 18.8. The molecule has 0 saturated heterocycles. The molecule has 1 atom stereocenters. The number of amides is 2. The second-order valence-electron chi connectivity index (χ2n) is 6.38. The van der Waals surface area contributed by atoms with E-state index in [0.29, 0.717) is 13.1 Å². The Morgan fingerprint density at radius 1 is 1.30 bits per heavy atom. The van der Waals surface area contributed by atoms with Crippen LogP contribution in [0.3, 0.4) is 0 Å². The summed E-state index contributed by atoms with van der Waals surface area (Å²) < 4.78 is 7.45. The molecule has 142 valence electrons. The molecule has 2 heterocycles. The fraction of sp³-hybridized carbons (Fsp3) is 0.333. The summed E-state index contributed by atoms with van der Waals surface area (Å²) in [5, 5.41) is 2.89. The van der Waals surface area contributed by atoms with E-state index in [1.807, 2.05) is 47.7 Å². The Labute approximate surface area is 159 Å². The number of hydrogen-bond acceptors (Lipinski definition) is 3. The van der Waals surface area contributed by atoms with Crippen molar-refractivity contribution in [1.29, 1.82) is 0 Å². The first-order valence-corrected chi connectivity index (χ1v) is 9.24. The van der Waals surface area contributed by atoms with E-state index in [4.69, 9.17) is 4.74 Å². The van der Waals surface area contributed by atoms with Crippen molar-refractivity contribution in [3.05, 3.63) is 54.5 Å². The summed E-state index contributed by atoms with van der Waals surface area (Å²) >= 11 is 0.